The Morgan fingerprint density at radius 2 is 1.83 bits per heavy atom. The topological polar surface area (TPSA) is 118 Å². The van der Waals surface area contributed by atoms with E-state index in [1.807, 2.05) is 12.3 Å². The van der Waals surface area contributed by atoms with Gasteiger partial charge in [0.25, 0.3) is 0 Å². The number of hydrogen-bond donors (Lipinski definition) is 0. The lowest BCUT2D eigenvalue weighted by molar-refractivity contribution is -0.750. The average Bonchev–Trinajstić information content (AvgIpc) is 2.68. The fourth-order valence-corrected chi connectivity index (χ4v) is 3.47. The predicted molar refractivity (Wildman–Crippen MR) is 92.2 cm³/mol. The van der Waals surface area contributed by atoms with Gasteiger partial charge in [-0.2, -0.15) is 13.2 Å². The van der Waals surface area contributed by atoms with E-state index in [-0.39, 0.29) is 6.16 Å². The van der Waals surface area contributed by atoms with Crippen molar-refractivity contribution in [2.24, 2.45) is 0 Å². The van der Waals surface area contributed by atoms with Gasteiger partial charge in [-0.1, -0.05) is 4.68 Å². The van der Waals surface area contributed by atoms with Crippen LogP contribution in [0.4, 0.5) is 13.2 Å². The summed E-state index contributed by atoms with van der Waals surface area (Å²) in [5, 5.41) is 13.1. The number of carbonyl (C=O) groups excluding carboxylic acids is 1. The summed E-state index contributed by atoms with van der Waals surface area (Å²) in [5.74, 6) is -3.01. The van der Waals surface area contributed by atoms with Gasteiger partial charge in [-0.25, -0.2) is 0 Å². The largest absolute Gasteiger partial charge is 0.542 e. The summed E-state index contributed by atoms with van der Waals surface area (Å²) >= 11 is 0. The van der Waals surface area contributed by atoms with Gasteiger partial charge in [0, 0.05) is 24.0 Å². The van der Waals surface area contributed by atoms with Gasteiger partial charge in [0.1, 0.15) is 18.3 Å². The molecule has 0 unspecified atom stereocenters. The maximum absolute atomic E-state index is 12.4. The van der Waals surface area contributed by atoms with Crippen LogP contribution < -0.4 is 9.79 Å². The molecular weight excluding hydrogens is 416 g/mol. The van der Waals surface area contributed by atoms with Crippen LogP contribution >= 0.6 is 7.60 Å². The van der Waals surface area contributed by atoms with E-state index in [2.05, 4.69) is 15.1 Å². The molecule has 0 atom stereocenters. The molecule has 0 aliphatic heterocycles. The molecule has 9 nitrogen and oxygen atoms in total. The van der Waals surface area contributed by atoms with Crippen molar-refractivity contribution in [1.82, 2.24) is 15.1 Å². The van der Waals surface area contributed by atoms with Gasteiger partial charge >= 0.3 is 13.8 Å². The van der Waals surface area contributed by atoms with Crippen LogP contribution in [0.25, 0.3) is 11.3 Å². The van der Waals surface area contributed by atoms with Crippen molar-refractivity contribution in [1.29, 1.82) is 0 Å². The van der Waals surface area contributed by atoms with Crippen LogP contribution in [-0.4, -0.2) is 46.6 Å². The van der Waals surface area contributed by atoms with E-state index in [4.69, 9.17) is 18.9 Å². The minimum Gasteiger partial charge on any atom is -0.542 e. The highest BCUT2D eigenvalue weighted by Crippen LogP contribution is 2.47. The predicted octanol–water partition coefficient (Wildman–Crippen LogP) is 1.39. The summed E-state index contributed by atoms with van der Waals surface area (Å²) in [6, 6.07) is 1.89. The Bertz CT molecular complexity index is 796. The van der Waals surface area contributed by atoms with E-state index in [0.29, 0.717) is 19.8 Å². The number of carboxylic acids is 1. The number of aromatic nitrogens is 4. The number of aliphatic carboxylic acids is 1. The molecule has 0 radical (unpaired) electrons. The van der Waals surface area contributed by atoms with Crippen molar-refractivity contribution in [3.8, 4) is 11.3 Å². The Morgan fingerprint density at radius 3 is 2.24 bits per heavy atom. The molecule has 13 heteroatoms. The monoisotopic (exact) mass is 436 g/mol. The lowest BCUT2D eigenvalue weighted by Crippen LogP contribution is -2.39. The van der Waals surface area contributed by atoms with Crippen LogP contribution in [0.3, 0.4) is 0 Å². The van der Waals surface area contributed by atoms with E-state index >= 15 is 0 Å². The zero-order valence-electron chi connectivity index (χ0n) is 15.7. The van der Waals surface area contributed by atoms with Crippen molar-refractivity contribution >= 4 is 13.6 Å². The van der Waals surface area contributed by atoms with Crippen molar-refractivity contribution in [3.63, 3.8) is 0 Å². The van der Waals surface area contributed by atoms with Gasteiger partial charge < -0.3 is 18.9 Å². The van der Waals surface area contributed by atoms with E-state index in [1.54, 1.807) is 43.3 Å². The Balaban J connectivity index is 0.000000516. The zero-order valence-corrected chi connectivity index (χ0v) is 16.6. The number of aryl methyl sites for hydroxylation is 1. The van der Waals surface area contributed by atoms with Crippen LogP contribution in [0.1, 0.15) is 13.8 Å². The highest BCUT2D eigenvalue weighted by molar-refractivity contribution is 7.53. The Morgan fingerprint density at radius 1 is 1.21 bits per heavy atom. The zero-order chi connectivity index (χ0) is 21.9. The van der Waals surface area contributed by atoms with Gasteiger partial charge in [0.05, 0.1) is 25.1 Å². The highest BCUT2D eigenvalue weighted by Gasteiger charge is 2.29. The number of alkyl halides is 3. The van der Waals surface area contributed by atoms with Crippen molar-refractivity contribution in [2.75, 3.05) is 19.4 Å². The molecule has 160 valence electrons. The highest BCUT2D eigenvalue weighted by atomic mass is 31.2. The van der Waals surface area contributed by atoms with Gasteiger partial charge in [-0.3, -0.25) is 14.5 Å². The summed E-state index contributed by atoms with van der Waals surface area (Å²) in [5.41, 5.74) is 1.64. The number of hydrogen-bond acceptors (Lipinski definition) is 8. The minimum absolute atomic E-state index is 0.289. The van der Waals surface area contributed by atoms with Gasteiger partial charge in [-0.05, 0) is 18.9 Å². The molecule has 2 aromatic heterocycles. The second-order valence-electron chi connectivity index (χ2n) is 5.22. The molecule has 0 bridgehead atoms. The summed E-state index contributed by atoms with van der Waals surface area (Å²) in [7, 11) is -3.04. The standard InChI is InChI=1S/C14H20N4O3P.C2HF3O2/c1-3-20-22(19,21-4-2)10-9-18-8-5-13(11-17-18)14-12-15-6-7-16-14;3-2(4,5)1(6)7/h5-8,11-12H,3-4,9-10H2,1-2H3;(H,6,7)/q+1;/p-1. The van der Waals surface area contributed by atoms with Crippen LogP contribution in [0, 0.1) is 0 Å². The van der Waals surface area contributed by atoms with Crippen molar-refractivity contribution in [3.05, 3.63) is 37.1 Å². The fraction of sp³-hybridized carbons (Fsp3) is 0.438. The summed E-state index contributed by atoms with van der Waals surface area (Å²) in [6.07, 6.45) is 3.55. The first kappa shape index (κ1) is 24.6. The molecular formula is C16H20F3N4O5P. The molecule has 0 saturated carbocycles. The summed E-state index contributed by atoms with van der Waals surface area (Å²) < 4.78 is 56.1. The van der Waals surface area contributed by atoms with Crippen molar-refractivity contribution < 1.29 is 41.4 Å². The minimum atomic E-state index is -5.19. The first-order valence-corrected chi connectivity index (χ1v) is 10.1. The molecule has 0 fully saturated rings. The molecule has 0 N–H and O–H groups in total. The summed E-state index contributed by atoms with van der Waals surface area (Å²) in [6.45, 7) is 4.78. The average molecular weight is 436 g/mol. The van der Waals surface area contributed by atoms with Gasteiger partial charge in [0.15, 0.2) is 12.7 Å². The number of nitrogens with zero attached hydrogens (tertiary/aromatic N) is 4. The Labute approximate surface area is 165 Å². The van der Waals surface area contributed by atoms with E-state index in [0.717, 1.165) is 11.3 Å². The van der Waals surface area contributed by atoms with Gasteiger partial charge in [-0.15, -0.1) is 0 Å². The number of carboxylic acid groups (broad SMARTS) is 1. The smallest absolute Gasteiger partial charge is 0.430 e. The molecule has 0 aromatic carbocycles. The number of carbonyl (C=O) groups is 1. The third kappa shape index (κ3) is 9.07. The third-order valence-electron chi connectivity index (χ3n) is 3.12. The number of halogens is 3. The lowest BCUT2D eigenvalue weighted by Gasteiger charge is -2.14. The first-order chi connectivity index (χ1) is 13.6. The molecule has 0 aliphatic carbocycles. The fourth-order valence-electron chi connectivity index (χ4n) is 1.90. The van der Waals surface area contributed by atoms with Gasteiger partial charge in [0.2, 0.25) is 0 Å². The van der Waals surface area contributed by atoms with E-state index in [1.165, 1.54) is 0 Å². The Kier molecular flexibility index (Phi) is 9.79. The molecule has 29 heavy (non-hydrogen) atoms. The first-order valence-electron chi connectivity index (χ1n) is 8.39. The molecule has 2 rings (SSSR count). The maximum atomic E-state index is 12.4. The van der Waals surface area contributed by atoms with Crippen LogP contribution in [0.5, 0.6) is 0 Å². The second kappa shape index (κ2) is 11.5. The molecule has 0 aliphatic rings. The molecule has 0 saturated heterocycles. The SMILES string of the molecule is CCOP(=O)(CC[n+]1ccc(-c2cnccn2)cn1)OCC.O=C([O-])C(F)(F)F. The van der Waals surface area contributed by atoms with Crippen LogP contribution in [0.15, 0.2) is 37.1 Å². The quantitative estimate of drug-likeness (QED) is 0.450. The summed E-state index contributed by atoms with van der Waals surface area (Å²) in [4.78, 5) is 17.0. The molecule has 0 spiro atoms. The normalized spacial score (nSPS) is 11.5. The lowest BCUT2D eigenvalue weighted by atomic mass is 10.2. The van der Waals surface area contributed by atoms with E-state index in [9.17, 15) is 17.7 Å². The maximum Gasteiger partial charge on any atom is 0.430 e. The second-order valence-corrected chi connectivity index (χ2v) is 7.41. The van der Waals surface area contributed by atoms with Crippen molar-refractivity contribution in [2.45, 2.75) is 26.6 Å². The molecule has 2 heterocycles. The number of rotatable bonds is 8. The Hall–Kier alpha value is -2.43. The molecule has 0 amide bonds. The molecule has 2 aromatic rings. The van der Waals surface area contributed by atoms with E-state index < -0.39 is 19.7 Å². The third-order valence-corrected chi connectivity index (χ3v) is 5.17. The van der Waals surface area contributed by atoms with Crippen LogP contribution in [-0.2, 0) is 25.0 Å². The van der Waals surface area contributed by atoms with Crippen LogP contribution in [0.2, 0.25) is 0 Å².